The average Bonchev–Trinajstić information content (AvgIpc) is 3.21. The fourth-order valence-corrected chi connectivity index (χ4v) is 4.53. The summed E-state index contributed by atoms with van der Waals surface area (Å²) in [5.41, 5.74) is 2.93. The number of benzene rings is 3. The van der Waals surface area contributed by atoms with Gasteiger partial charge in [0.25, 0.3) is 0 Å². The maximum absolute atomic E-state index is 12.7. The van der Waals surface area contributed by atoms with E-state index in [1.54, 1.807) is 7.11 Å². The van der Waals surface area contributed by atoms with E-state index in [-0.39, 0.29) is 11.9 Å². The second-order valence-electron chi connectivity index (χ2n) is 8.35. The van der Waals surface area contributed by atoms with E-state index in [1.165, 1.54) is 0 Å². The molecule has 1 aliphatic rings. The number of hydrogen-bond donors (Lipinski definition) is 1. The smallest absolute Gasteiger partial charge is 0.237 e. The van der Waals surface area contributed by atoms with Crippen LogP contribution in [-0.2, 0) is 17.8 Å². The summed E-state index contributed by atoms with van der Waals surface area (Å²) >= 11 is 0. The van der Waals surface area contributed by atoms with Crippen molar-refractivity contribution in [3.8, 4) is 17.2 Å². The van der Waals surface area contributed by atoms with Gasteiger partial charge in [-0.3, -0.25) is 9.69 Å². The second kappa shape index (κ2) is 9.08. The van der Waals surface area contributed by atoms with E-state index in [2.05, 4.69) is 28.4 Å². The molecule has 0 aliphatic carbocycles. The molecule has 168 valence electrons. The van der Waals surface area contributed by atoms with Gasteiger partial charge in [0.05, 0.1) is 18.8 Å². The predicted octanol–water partition coefficient (Wildman–Crippen LogP) is 4.35. The van der Waals surface area contributed by atoms with Crippen molar-refractivity contribution in [2.45, 2.75) is 25.9 Å². The van der Waals surface area contributed by atoms with Crippen molar-refractivity contribution in [3.63, 3.8) is 0 Å². The zero-order valence-corrected chi connectivity index (χ0v) is 18.9. The molecule has 0 spiro atoms. The van der Waals surface area contributed by atoms with Gasteiger partial charge in [-0.15, -0.1) is 0 Å². The van der Waals surface area contributed by atoms with Crippen LogP contribution in [0.3, 0.4) is 0 Å². The van der Waals surface area contributed by atoms with E-state index in [4.69, 9.17) is 14.1 Å². The maximum atomic E-state index is 12.7. The van der Waals surface area contributed by atoms with Gasteiger partial charge in [-0.05, 0) is 36.4 Å². The highest BCUT2D eigenvalue weighted by molar-refractivity contribution is 5.98. The molecule has 4 aromatic rings. The normalized spacial score (nSPS) is 16.7. The number of aromatic nitrogens is 1. The first-order valence-corrected chi connectivity index (χ1v) is 11.2. The Labute approximate surface area is 193 Å². The van der Waals surface area contributed by atoms with Crippen LogP contribution in [0.2, 0.25) is 0 Å². The maximum Gasteiger partial charge on any atom is 0.237 e. The lowest BCUT2D eigenvalue weighted by Crippen LogP contribution is -2.55. The van der Waals surface area contributed by atoms with Gasteiger partial charge in [-0.2, -0.15) is 0 Å². The second-order valence-corrected chi connectivity index (χ2v) is 8.35. The van der Waals surface area contributed by atoms with Crippen molar-refractivity contribution >= 4 is 16.7 Å². The number of nitrogens with one attached hydrogen (secondary N) is 1. The van der Waals surface area contributed by atoms with Gasteiger partial charge in [-0.25, -0.2) is 4.98 Å². The molecule has 3 aromatic carbocycles. The van der Waals surface area contributed by atoms with E-state index in [0.717, 1.165) is 45.6 Å². The summed E-state index contributed by atoms with van der Waals surface area (Å²) in [5, 5.41) is 5.06. The number of methoxy groups -OCH3 is 1. The van der Waals surface area contributed by atoms with E-state index in [0.29, 0.717) is 25.4 Å². The van der Waals surface area contributed by atoms with Crippen LogP contribution in [0.5, 0.6) is 5.75 Å². The van der Waals surface area contributed by atoms with E-state index in [1.807, 2.05) is 55.5 Å². The standard InChI is InChI=1S/C27H27N3O3/c1-18-23(17-30-15-14-28-26(31)24(30)16-19-8-4-3-5-9-19)29-27(33-18)22-12-13-25(32-2)21-11-7-6-10-20(21)22/h3-13,24H,14-17H2,1-2H3,(H,28,31). The molecular weight excluding hydrogens is 414 g/mol. The molecule has 6 heteroatoms. The van der Waals surface area contributed by atoms with Crippen molar-refractivity contribution < 1.29 is 13.9 Å². The number of aryl methyl sites for hydroxylation is 1. The van der Waals surface area contributed by atoms with Gasteiger partial charge in [0.1, 0.15) is 11.5 Å². The monoisotopic (exact) mass is 441 g/mol. The highest BCUT2D eigenvalue weighted by atomic mass is 16.5. The number of rotatable bonds is 6. The van der Waals surface area contributed by atoms with E-state index < -0.39 is 0 Å². The van der Waals surface area contributed by atoms with Crippen molar-refractivity contribution in [2.75, 3.05) is 20.2 Å². The van der Waals surface area contributed by atoms with Crippen molar-refractivity contribution in [1.82, 2.24) is 15.2 Å². The molecular formula is C27H27N3O3. The van der Waals surface area contributed by atoms with Crippen LogP contribution in [-0.4, -0.2) is 42.0 Å². The van der Waals surface area contributed by atoms with E-state index in [9.17, 15) is 4.79 Å². The van der Waals surface area contributed by atoms with Crippen LogP contribution in [0.1, 0.15) is 17.0 Å². The average molecular weight is 442 g/mol. The van der Waals surface area contributed by atoms with Crippen LogP contribution in [0.4, 0.5) is 0 Å². The van der Waals surface area contributed by atoms with Crippen molar-refractivity contribution in [2.24, 2.45) is 0 Å². The number of hydrogen-bond acceptors (Lipinski definition) is 5. The lowest BCUT2D eigenvalue weighted by Gasteiger charge is -2.34. The molecule has 0 radical (unpaired) electrons. The summed E-state index contributed by atoms with van der Waals surface area (Å²) in [6, 6.07) is 21.9. The van der Waals surface area contributed by atoms with E-state index >= 15 is 0 Å². The third-order valence-corrected chi connectivity index (χ3v) is 6.29. The zero-order valence-electron chi connectivity index (χ0n) is 18.9. The summed E-state index contributed by atoms with van der Waals surface area (Å²) in [5.74, 6) is 2.24. The molecule has 1 atom stereocenters. The molecule has 2 heterocycles. The lowest BCUT2D eigenvalue weighted by atomic mass is 10.0. The fourth-order valence-electron chi connectivity index (χ4n) is 4.53. The molecule has 6 nitrogen and oxygen atoms in total. The first-order valence-electron chi connectivity index (χ1n) is 11.2. The number of ether oxygens (including phenoxy) is 1. The molecule has 1 aliphatic heterocycles. The summed E-state index contributed by atoms with van der Waals surface area (Å²) in [6.45, 7) is 3.91. The largest absolute Gasteiger partial charge is 0.496 e. The van der Waals surface area contributed by atoms with Gasteiger partial charge in [-0.1, -0.05) is 54.6 Å². The number of carbonyl (C=O) groups excluding carboxylic acids is 1. The number of fused-ring (bicyclic) bond motifs is 1. The first-order chi connectivity index (χ1) is 16.1. The number of piperazine rings is 1. The Kier molecular flexibility index (Phi) is 5.84. The number of oxazole rings is 1. The molecule has 1 unspecified atom stereocenters. The van der Waals surface area contributed by atoms with Crippen LogP contribution in [0.15, 0.2) is 71.1 Å². The third kappa shape index (κ3) is 4.22. The van der Waals surface area contributed by atoms with Crippen LogP contribution in [0.25, 0.3) is 22.2 Å². The summed E-state index contributed by atoms with van der Waals surface area (Å²) < 4.78 is 11.6. The molecule has 1 saturated heterocycles. The highest BCUT2D eigenvalue weighted by Crippen LogP contribution is 2.35. The molecule has 1 amide bonds. The number of nitrogens with zero attached hydrogens (tertiary/aromatic N) is 2. The molecule has 1 N–H and O–H groups in total. The summed E-state index contributed by atoms with van der Waals surface area (Å²) in [4.78, 5) is 19.8. The van der Waals surface area contributed by atoms with Crippen LogP contribution < -0.4 is 10.1 Å². The molecule has 0 saturated carbocycles. The molecule has 33 heavy (non-hydrogen) atoms. The predicted molar refractivity (Wildman–Crippen MR) is 128 cm³/mol. The first kappa shape index (κ1) is 21.2. The van der Waals surface area contributed by atoms with Gasteiger partial charge in [0.15, 0.2) is 0 Å². The minimum Gasteiger partial charge on any atom is -0.496 e. The Morgan fingerprint density at radius 1 is 1.06 bits per heavy atom. The Morgan fingerprint density at radius 2 is 1.82 bits per heavy atom. The van der Waals surface area contributed by atoms with Crippen LogP contribution in [0, 0.1) is 6.92 Å². The SMILES string of the molecule is COc1ccc(-c2nc(CN3CCNC(=O)C3Cc3ccccc3)c(C)o2)c2ccccc12. The Hall–Kier alpha value is -3.64. The van der Waals surface area contributed by atoms with Crippen LogP contribution >= 0.6 is 0 Å². The fraction of sp³-hybridized carbons (Fsp3) is 0.259. The van der Waals surface area contributed by atoms with Gasteiger partial charge in [0.2, 0.25) is 11.8 Å². The zero-order chi connectivity index (χ0) is 22.8. The highest BCUT2D eigenvalue weighted by Gasteiger charge is 2.31. The Balaban J connectivity index is 1.44. The number of carbonyl (C=O) groups is 1. The minimum atomic E-state index is -0.234. The molecule has 0 bridgehead atoms. The topological polar surface area (TPSA) is 67.6 Å². The summed E-state index contributed by atoms with van der Waals surface area (Å²) in [7, 11) is 1.68. The lowest BCUT2D eigenvalue weighted by molar-refractivity contribution is -0.129. The molecule has 1 aromatic heterocycles. The summed E-state index contributed by atoms with van der Waals surface area (Å²) in [6.07, 6.45) is 0.666. The minimum absolute atomic E-state index is 0.0626. The Morgan fingerprint density at radius 3 is 2.61 bits per heavy atom. The van der Waals surface area contributed by atoms with Crippen molar-refractivity contribution in [1.29, 1.82) is 0 Å². The quantitative estimate of drug-likeness (QED) is 0.482. The van der Waals surface area contributed by atoms with Gasteiger partial charge < -0.3 is 14.5 Å². The van der Waals surface area contributed by atoms with Crippen molar-refractivity contribution in [3.05, 3.63) is 83.7 Å². The molecule has 1 fully saturated rings. The number of amides is 1. The van der Waals surface area contributed by atoms with Gasteiger partial charge >= 0.3 is 0 Å². The third-order valence-electron chi connectivity index (χ3n) is 6.29. The molecule has 5 rings (SSSR count). The Bertz CT molecular complexity index is 1280. The van der Waals surface area contributed by atoms with Gasteiger partial charge in [0, 0.05) is 30.6 Å².